The number of nitrogens with zero attached hydrogens (tertiary/aromatic N) is 2. The first-order valence-corrected chi connectivity index (χ1v) is 12.2. The molecule has 28 heavy (non-hydrogen) atoms. The number of nitrogens with one attached hydrogen (secondary N) is 1. The normalized spacial score (nSPS) is 20.6. The first-order chi connectivity index (χ1) is 13.3. The molecule has 1 unspecified atom stereocenters. The topological polar surface area (TPSA) is 86.8 Å². The predicted molar refractivity (Wildman–Crippen MR) is 110 cm³/mol. The van der Waals surface area contributed by atoms with Gasteiger partial charge in [0.1, 0.15) is 0 Å². The molecule has 0 aromatic heterocycles. The maximum absolute atomic E-state index is 12.7. The quantitative estimate of drug-likeness (QED) is 0.748. The fourth-order valence-electron chi connectivity index (χ4n) is 3.40. The monoisotopic (exact) mass is 425 g/mol. The van der Waals surface area contributed by atoms with Crippen LogP contribution >= 0.6 is 11.8 Å². The van der Waals surface area contributed by atoms with Crippen molar-refractivity contribution >= 4 is 39.1 Å². The SMILES string of the molecule is CCC1Sc2ccc(S(=O)(=O)CCC(=O)N3CCN(CC)CC3)cc2NC1=O. The van der Waals surface area contributed by atoms with Crippen molar-refractivity contribution < 1.29 is 18.0 Å². The summed E-state index contributed by atoms with van der Waals surface area (Å²) in [4.78, 5) is 29.5. The van der Waals surface area contributed by atoms with Crippen molar-refractivity contribution in [3.05, 3.63) is 18.2 Å². The van der Waals surface area contributed by atoms with Gasteiger partial charge in [-0.3, -0.25) is 9.59 Å². The molecule has 3 rings (SSSR count). The number of carbonyl (C=O) groups excluding carboxylic acids is 2. The molecule has 1 aromatic rings. The molecule has 0 radical (unpaired) electrons. The van der Waals surface area contributed by atoms with Crippen LogP contribution in [0.2, 0.25) is 0 Å². The highest BCUT2D eigenvalue weighted by Gasteiger charge is 2.28. The van der Waals surface area contributed by atoms with E-state index in [1.807, 2.05) is 6.92 Å². The fraction of sp³-hybridized carbons (Fsp3) is 0.579. The van der Waals surface area contributed by atoms with Gasteiger partial charge in [0.25, 0.3) is 0 Å². The van der Waals surface area contributed by atoms with E-state index in [4.69, 9.17) is 0 Å². The summed E-state index contributed by atoms with van der Waals surface area (Å²) < 4.78 is 25.4. The lowest BCUT2D eigenvalue weighted by Crippen LogP contribution is -2.48. The first kappa shape index (κ1) is 21.1. The number of amides is 2. The van der Waals surface area contributed by atoms with Crippen molar-refractivity contribution in [2.45, 2.75) is 41.7 Å². The van der Waals surface area contributed by atoms with Gasteiger partial charge in [-0.1, -0.05) is 13.8 Å². The van der Waals surface area contributed by atoms with Gasteiger partial charge in [-0.25, -0.2) is 8.42 Å². The summed E-state index contributed by atoms with van der Waals surface area (Å²) in [7, 11) is -3.60. The molecule has 9 heteroatoms. The Morgan fingerprint density at radius 1 is 1.21 bits per heavy atom. The summed E-state index contributed by atoms with van der Waals surface area (Å²) in [5.74, 6) is -0.444. The second-order valence-electron chi connectivity index (χ2n) is 7.05. The van der Waals surface area contributed by atoms with Crippen molar-refractivity contribution in [1.29, 1.82) is 0 Å². The van der Waals surface area contributed by atoms with E-state index >= 15 is 0 Å². The third-order valence-electron chi connectivity index (χ3n) is 5.26. The maximum Gasteiger partial charge on any atom is 0.237 e. The molecular weight excluding hydrogens is 398 g/mol. The average molecular weight is 426 g/mol. The highest BCUT2D eigenvalue weighted by molar-refractivity contribution is 8.01. The van der Waals surface area contributed by atoms with Gasteiger partial charge in [-0.15, -0.1) is 11.8 Å². The number of hydrogen-bond donors (Lipinski definition) is 1. The van der Waals surface area contributed by atoms with Crippen LogP contribution in [0.25, 0.3) is 0 Å². The fourth-order valence-corrected chi connectivity index (χ4v) is 5.68. The summed E-state index contributed by atoms with van der Waals surface area (Å²) >= 11 is 1.45. The van der Waals surface area contributed by atoms with Crippen molar-refractivity contribution in [2.24, 2.45) is 0 Å². The Morgan fingerprint density at radius 2 is 1.93 bits per heavy atom. The molecule has 2 amide bonds. The average Bonchev–Trinajstić information content (AvgIpc) is 2.71. The van der Waals surface area contributed by atoms with Crippen molar-refractivity contribution in [3.8, 4) is 0 Å². The van der Waals surface area contributed by atoms with E-state index in [-0.39, 0.29) is 34.1 Å². The number of sulfone groups is 1. The van der Waals surface area contributed by atoms with Gasteiger partial charge in [0, 0.05) is 37.5 Å². The zero-order valence-electron chi connectivity index (χ0n) is 16.3. The number of rotatable bonds is 6. The van der Waals surface area contributed by atoms with Crippen LogP contribution in [0.3, 0.4) is 0 Å². The molecule has 1 atom stereocenters. The smallest absolute Gasteiger partial charge is 0.237 e. The molecule has 1 saturated heterocycles. The van der Waals surface area contributed by atoms with Crippen LogP contribution in [-0.4, -0.2) is 73.8 Å². The predicted octanol–water partition coefficient (Wildman–Crippen LogP) is 1.84. The summed E-state index contributed by atoms with van der Waals surface area (Å²) in [6.07, 6.45) is 0.690. The molecule has 7 nitrogen and oxygen atoms in total. The number of fused-ring (bicyclic) bond motifs is 1. The molecule has 1 aromatic carbocycles. The lowest BCUT2D eigenvalue weighted by atomic mass is 10.2. The second kappa shape index (κ2) is 8.84. The summed E-state index contributed by atoms with van der Waals surface area (Å²) in [6, 6.07) is 4.81. The number of thioether (sulfide) groups is 1. The summed E-state index contributed by atoms with van der Waals surface area (Å²) in [5.41, 5.74) is 0.530. The highest BCUT2D eigenvalue weighted by atomic mass is 32.2. The van der Waals surface area contributed by atoms with Gasteiger partial charge in [0.2, 0.25) is 11.8 Å². The molecular formula is C19H27N3O4S2. The van der Waals surface area contributed by atoms with E-state index < -0.39 is 9.84 Å². The lowest BCUT2D eigenvalue weighted by Gasteiger charge is -2.34. The highest BCUT2D eigenvalue weighted by Crippen LogP contribution is 2.38. The number of hydrogen-bond acceptors (Lipinski definition) is 6. The van der Waals surface area contributed by atoms with Gasteiger partial charge >= 0.3 is 0 Å². The molecule has 2 aliphatic rings. The van der Waals surface area contributed by atoms with Crippen LogP contribution in [0.15, 0.2) is 28.0 Å². The molecule has 2 heterocycles. The van der Waals surface area contributed by atoms with Crippen LogP contribution in [0.5, 0.6) is 0 Å². The van der Waals surface area contributed by atoms with Crippen LogP contribution < -0.4 is 5.32 Å². The number of piperazine rings is 1. The van der Waals surface area contributed by atoms with Crippen molar-refractivity contribution in [1.82, 2.24) is 9.80 Å². The van der Waals surface area contributed by atoms with Crippen molar-refractivity contribution in [2.75, 3.05) is 43.8 Å². The molecule has 2 aliphatic heterocycles. The van der Waals surface area contributed by atoms with Crippen LogP contribution in [-0.2, 0) is 19.4 Å². The molecule has 0 saturated carbocycles. The van der Waals surface area contributed by atoms with E-state index in [0.717, 1.165) is 24.5 Å². The van der Waals surface area contributed by atoms with Gasteiger partial charge in [-0.2, -0.15) is 0 Å². The Morgan fingerprint density at radius 3 is 2.57 bits per heavy atom. The van der Waals surface area contributed by atoms with Gasteiger partial charge in [0.15, 0.2) is 9.84 Å². The zero-order chi connectivity index (χ0) is 20.3. The van der Waals surface area contributed by atoms with Gasteiger partial charge in [0.05, 0.1) is 21.6 Å². The number of benzene rings is 1. The molecule has 1 N–H and O–H groups in total. The number of likely N-dealkylation sites (N-methyl/N-ethyl adjacent to an activating group) is 1. The number of carbonyl (C=O) groups is 2. The molecule has 0 bridgehead atoms. The Bertz CT molecular complexity index is 849. The molecule has 154 valence electrons. The molecule has 1 fully saturated rings. The molecule has 0 spiro atoms. The minimum Gasteiger partial charge on any atom is -0.340 e. The Labute approximate surface area is 170 Å². The van der Waals surface area contributed by atoms with E-state index in [9.17, 15) is 18.0 Å². The Kier molecular flexibility index (Phi) is 6.67. The van der Waals surface area contributed by atoms with Crippen LogP contribution in [0.1, 0.15) is 26.7 Å². The van der Waals surface area contributed by atoms with Crippen LogP contribution in [0, 0.1) is 0 Å². The number of anilines is 1. The van der Waals surface area contributed by atoms with Gasteiger partial charge in [-0.05, 0) is 31.2 Å². The molecule has 0 aliphatic carbocycles. The Balaban J connectivity index is 1.63. The van der Waals surface area contributed by atoms with E-state index in [2.05, 4.69) is 17.1 Å². The largest absolute Gasteiger partial charge is 0.340 e. The lowest BCUT2D eigenvalue weighted by molar-refractivity contribution is -0.132. The maximum atomic E-state index is 12.7. The first-order valence-electron chi connectivity index (χ1n) is 9.68. The van der Waals surface area contributed by atoms with Gasteiger partial charge < -0.3 is 15.1 Å². The standard InChI is InChI=1S/C19H27N3O4S2/c1-3-16-19(24)20-15-13-14(5-6-17(15)27-16)28(25,26)12-7-18(23)22-10-8-21(4-2)9-11-22/h5-6,13,16H,3-4,7-12H2,1-2H3,(H,20,24). The third kappa shape index (κ3) is 4.69. The summed E-state index contributed by atoms with van der Waals surface area (Å²) in [6.45, 7) is 7.95. The minimum atomic E-state index is -3.60. The van der Waals surface area contributed by atoms with Crippen LogP contribution in [0.4, 0.5) is 5.69 Å². The zero-order valence-corrected chi connectivity index (χ0v) is 17.9. The Hall–Kier alpha value is -1.58. The van der Waals surface area contributed by atoms with Crippen molar-refractivity contribution in [3.63, 3.8) is 0 Å². The van der Waals surface area contributed by atoms with E-state index in [1.54, 1.807) is 17.0 Å². The van der Waals surface area contributed by atoms with E-state index in [1.165, 1.54) is 17.8 Å². The third-order valence-corrected chi connectivity index (χ3v) is 8.41. The van der Waals surface area contributed by atoms with E-state index in [0.29, 0.717) is 25.2 Å². The second-order valence-corrected chi connectivity index (χ2v) is 10.4. The minimum absolute atomic E-state index is 0.0233. The summed E-state index contributed by atoms with van der Waals surface area (Å²) in [5, 5.41) is 2.64.